The molecule has 0 radical (unpaired) electrons. The van der Waals surface area contributed by atoms with Gasteiger partial charge in [-0.1, -0.05) is 0 Å². The molecule has 86 valence electrons. The van der Waals surface area contributed by atoms with Crippen LogP contribution >= 0.6 is 0 Å². The molecule has 0 aromatic carbocycles. The third kappa shape index (κ3) is 2.54. The maximum absolute atomic E-state index is 11.5. The Kier molecular flexibility index (Phi) is 2.95. The number of rotatable bonds is 4. The lowest BCUT2D eigenvalue weighted by atomic mass is 10.1. The Labute approximate surface area is 96.3 Å². The molecule has 6 heteroatoms. The molecule has 0 aliphatic rings. The second kappa shape index (κ2) is 4.56. The number of H-pyrrole nitrogens is 1. The molecule has 2 rings (SSSR count). The molecule has 0 bridgehead atoms. The average Bonchev–Trinajstić information content (AvgIpc) is 2.82. The van der Waals surface area contributed by atoms with E-state index in [1.54, 1.807) is 12.4 Å². The quantitative estimate of drug-likeness (QED) is 0.607. The molecule has 0 atom stereocenters. The molecule has 0 fully saturated rings. The van der Waals surface area contributed by atoms with Crippen molar-refractivity contribution in [2.24, 2.45) is 0 Å². The Bertz CT molecular complexity index is 549. The lowest BCUT2D eigenvalue weighted by Gasteiger charge is -2.00. The number of nitrogens with zero attached hydrogens (tertiary/aromatic N) is 2. The first-order chi connectivity index (χ1) is 8.16. The molecule has 2 N–H and O–H groups in total. The van der Waals surface area contributed by atoms with Gasteiger partial charge in [-0.2, -0.15) is 0 Å². The van der Waals surface area contributed by atoms with E-state index >= 15 is 0 Å². The van der Waals surface area contributed by atoms with E-state index in [0.29, 0.717) is 17.1 Å². The van der Waals surface area contributed by atoms with Gasteiger partial charge in [0.25, 0.3) is 0 Å². The number of carbonyl (C=O) groups is 2. The zero-order valence-corrected chi connectivity index (χ0v) is 8.75. The number of aromatic nitrogens is 3. The highest BCUT2D eigenvalue weighted by molar-refractivity contribution is 6.05. The molecule has 0 unspecified atom stereocenters. The van der Waals surface area contributed by atoms with Crippen molar-refractivity contribution >= 4 is 11.8 Å². The summed E-state index contributed by atoms with van der Waals surface area (Å²) in [4.78, 5) is 32.9. The fraction of sp³-hybridized carbons (Fsp3) is 0.0909. The summed E-state index contributed by atoms with van der Waals surface area (Å²) in [5.41, 5.74) is 0.819. The minimum atomic E-state index is -1.15. The van der Waals surface area contributed by atoms with E-state index in [9.17, 15) is 9.59 Å². The van der Waals surface area contributed by atoms with Gasteiger partial charge in [-0.25, -0.2) is 4.98 Å². The van der Waals surface area contributed by atoms with Gasteiger partial charge in [0.05, 0.1) is 0 Å². The zero-order chi connectivity index (χ0) is 12.3. The molecule has 17 heavy (non-hydrogen) atoms. The summed E-state index contributed by atoms with van der Waals surface area (Å²) in [6.45, 7) is 0. The van der Waals surface area contributed by atoms with Crippen LogP contribution in [0.1, 0.15) is 16.8 Å². The van der Waals surface area contributed by atoms with Crippen molar-refractivity contribution in [3.05, 3.63) is 36.3 Å². The highest BCUT2D eigenvalue weighted by atomic mass is 16.4. The Hall–Kier alpha value is -2.50. The summed E-state index contributed by atoms with van der Waals surface area (Å²) in [7, 11) is 0. The van der Waals surface area contributed by atoms with Gasteiger partial charge in [0.1, 0.15) is 12.1 Å². The second-order valence-electron chi connectivity index (χ2n) is 3.36. The molecule has 6 nitrogen and oxygen atoms in total. The lowest BCUT2D eigenvalue weighted by molar-refractivity contribution is -0.135. The van der Waals surface area contributed by atoms with Gasteiger partial charge in [-0.05, 0) is 12.1 Å². The first-order valence-electron chi connectivity index (χ1n) is 4.87. The van der Waals surface area contributed by atoms with E-state index in [-0.39, 0.29) is 0 Å². The van der Waals surface area contributed by atoms with Crippen LogP contribution in [0.15, 0.2) is 30.7 Å². The lowest BCUT2D eigenvalue weighted by Crippen LogP contribution is -2.07. The number of pyridine rings is 1. The second-order valence-corrected chi connectivity index (χ2v) is 3.36. The minimum Gasteiger partial charge on any atom is -0.481 e. The number of carboxylic acids is 1. The summed E-state index contributed by atoms with van der Waals surface area (Å²) >= 11 is 0. The first-order valence-corrected chi connectivity index (χ1v) is 4.87. The molecule has 0 aliphatic carbocycles. The van der Waals surface area contributed by atoms with Crippen LogP contribution in [0.5, 0.6) is 0 Å². The van der Waals surface area contributed by atoms with Crippen molar-refractivity contribution in [3.8, 4) is 11.5 Å². The van der Waals surface area contributed by atoms with E-state index in [4.69, 9.17) is 5.11 Å². The maximum Gasteiger partial charge on any atom is 0.311 e. The van der Waals surface area contributed by atoms with Gasteiger partial charge in [0.2, 0.25) is 0 Å². The highest BCUT2D eigenvalue weighted by Gasteiger charge is 2.12. The number of aliphatic carboxylic acids is 1. The summed E-state index contributed by atoms with van der Waals surface area (Å²) in [6, 6.07) is 3.00. The third-order valence-corrected chi connectivity index (χ3v) is 2.13. The van der Waals surface area contributed by atoms with E-state index < -0.39 is 18.2 Å². The summed E-state index contributed by atoms with van der Waals surface area (Å²) < 4.78 is 0. The van der Waals surface area contributed by atoms with Gasteiger partial charge in [-0.3, -0.25) is 14.6 Å². The fourth-order valence-corrected chi connectivity index (χ4v) is 1.38. The third-order valence-electron chi connectivity index (χ3n) is 2.13. The van der Waals surface area contributed by atoms with Crippen LogP contribution in [0.25, 0.3) is 11.5 Å². The van der Waals surface area contributed by atoms with Crippen molar-refractivity contribution in [2.75, 3.05) is 0 Å². The first kappa shape index (κ1) is 11.0. The smallest absolute Gasteiger partial charge is 0.311 e. The van der Waals surface area contributed by atoms with E-state index in [0.717, 1.165) is 0 Å². The molecule has 2 aromatic heterocycles. The maximum atomic E-state index is 11.5. The van der Waals surface area contributed by atoms with Gasteiger partial charge < -0.3 is 10.1 Å². The number of imidazole rings is 1. The number of hydrogen-bond donors (Lipinski definition) is 2. The Morgan fingerprint density at radius 2 is 2.12 bits per heavy atom. The summed E-state index contributed by atoms with van der Waals surface area (Å²) in [5.74, 6) is -1.06. The molecule has 0 saturated heterocycles. The highest BCUT2D eigenvalue weighted by Crippen LogP contribution is 2.13. The predicted octanol–water partition coefficient (Wildman–Crippen LogP) is 1.13. The number of carboxylic acid groups (broad SMARTS) is 1. The van der Waals surface area contributed by atoms with Gasteiger partial charge >= 0.3 is 5.97 Å². The molecule has 2 heterocycles. The SMILES string of the molecule is O=C(O)CC(=O)c1ccnc(-c2ncc[nH]2)c1. The van der Waals surface area contributed by atoms with Crippen LogP contribution < -0.4 is 0 Å². The standard InChI is InChI=1S/C11H9N3O3/c15-9(6-10(16)17)7-1-2-12-8(5-7)11-13-3-4-14-11/h1-5H,6H2,(H,13,14)(H,16,17). The zero-order valence-electron chi connectivity index (χ0n) is 8.75. The van der Waals surface area contributed by atoms with E-state index in [1.807, 2.05) is 0 Å². The predicted molar refractivity (Wildman–Crippen MR) is 58.4 cm³/mol. The van der Waals surface area contributed by atoms with Crippen LogP contribution in [0.2, 0.25) is 0 Å². The number of nitrogens with one attached hydrogen (secondary N) is 1. The van der Waals surface area contributed by atoms with Crippen molar-refractivity contribution in [3.63, 3.8) is 0 Å². The Balaban J connectivity index is 2.29. The monoisotopic (exact) mass is 231 g/mol. The largest absolute Gasteiger partial charge is 0.481 e. The van der Waals surface area contributed by atoms with Gasteiger partial charge in [-0.15, -0.1) is 0 Å². The van der Waals surface area contributed by atoms with Crippen LogP contribution in [-0.2, 0) is 4.79 Å². The molecule has 2 aromatic rings. The summed E-state index contributed by atoms with van der Waals surface area (Å²) in [5, 5.41) is 8.54. The molecular formula is C11H9N3O3. The average molecular weight is 231 g/mol. The van der Waals surface area contributed by atoms with Crippen molar-refractivity contribution in [2.45, 2.75) is 6.42 Å². The number of Topliss-reactive ketones (excluding diaryl/α,β-unsaturated/α-hetero) is 1. The number of ketones is 1. The number of aromatic amines is 1. The van der Waals surface area contributed by atoms with Gasteiger partial charge in [0.15, 0.2) is 11.6 Å². The Morgan fingerprint density at radius 1 is 1.29 bits per heavy atom. The molecule has 0 amide bonds. The normalized spacial score (nSPS) is 10.1. The fourth-order valence-electron chi connectivity index (χ4n) is 1.38. The number of hydrogen-bond acceptors (Lipinski definition) is 4. The van der Waals surface area contributed by atoms with Gasteiger partial charge in [0, 0.05) is 24.2 Å². The van der Waals surface area contributed by atoms with Crippen molar-refractivity contribution in [1.82, 2.24) is 15.0 Å². The Morgan fingerprint density at radius 3 is 2.76 bits per heavy atom. The van der Waals surface area contributed by atoms with Crippen molar-refractivity contribution in [1.29, 1.82) is 0 Å². The molecule has 0 aliphatic heterocycles. The van der Waals surface area contributed by atoms with Crippen LogP contribution in [-0.4, -0.2) is 31.8 Å². The number of carbonyl (C=O) groups excluding carboxylic acids is 1. The van der Waals surface area contributed by atoms with Crippen molar-refractivity contribution < 1.29 is 14.7 Å². The minimum absolute atomic E-state index is 0.314. The van der Waals surface area contributed by atoms with E-state index in [2.05, 4.69) is 15.0 Å². The molecule has 0 spiro atoms. The topological polar surface area (TPSA) is 95.9 Å². The van der Waals surface area contributed by atoms with E-state index in [1.165, 1.54) is 18.3 Å². The van der Waals surface area contributed by atoms with Crippen LogP contribution in [0, 0.1) is 0 Å². The molecular weight excluding hydrogens is 222 g/mol. The summed E-state index contributed by atoms with van der Waals surface area (Å²) in [6.07, 6.45) is 4.14. The van der Waals surface area contributed by atoms with Crippen LogP contribution in [0.3, 0.4) is 0 Å². The van der Waals surface area contributed by atoms with Crippen LogP contribution in [0.4, 0.5) is 0 Å². The molecule has 0 saturated carbocycles.